The van der Waals surface area contributed by atoms with Crippen molar-refractivity contribution in [2.75, 3.05) is 19.4 Å². The summed E-state index contributed by atoms with van der Waals surface area (Å²) in [7, 11) is 1.43. The highest BCUT2D eigenvalue weighted by atomic mass is 16.5. The molecule has 1 aromatic rings. The average Bonchev–Trinajstić information content (AvgIpc) is 2.80. The van der Waals surface area contributed by atoms with Crippen LogP contribution in [0, 0.1) is 0 Å². The Hall–Kier alpha value is -2.28. The number of amides is 2. The van der Waals surface area contributed by atoms with Crippen molar-refractivity contribution in [2.24, 2.45) is 5.73 Å². The number of likely N-dealkylation sites (tertiary alicyclic amines) is 1. The molecule has 0 spiro atoms. The maximum atomic E-state index is 12.5. The fourth-order valence-corrected chi connectivity index (χ4v) is 2.35. The van der Waals surface area contributed by atoms with Gasteiger partial charge in [-0.15, -0.1) is 0 Å². The molecule has 1 fully saturated rings. The number of aliphatic hydroxyl groups is 1. The Balaban J connectivity index is 2.33. The first kappa shape index (κ1) is 14.1. The number of primary amides is 1. The highest BCUT2D eigenvalue weighted by molar-refractivity contribution is 6.00. The van der Waals surface area contributed by atoms with Gasteiger partial charge in [-0.05, 0) is 12.1 Å². The highest BCUT2D eigenvalue weighted by Crippen LogP contribution is 2.26. The summed E-state index contributed by atoms with van der Waals surface area (Å²) in [5, 5.41) is 9.63. The Morgan fingerprint density at radius 2 is 2.15 bits per heavy atom. The Labute approximate surface area is 116 Å². The number of aliphatic hydroxyl groups excluding tert-OH is 1. The van der Waals surface area contributed by atoms with E-state index in [1.54, 1.807) is 6.07 Å². The van der Waals surface area contributed by atoms with Gasteiger partial charge in [-0.3, -0.25) is 9.59 Å². The van der Waals surface area contributed by atoms with Crippen molar-refractivity contribution in [3.8, 4) is 5.75 Å². The lowest BCUT2D eigenvalue weighted by atomic mass is 10.1. The van der Waals surface area contributed by atoms with E-state index >= 15 is 0 Å². The quantitative estimate of drug-likeness (QED) is 0.634. The number of rotatable bonds is 3. The molecule has 1 saturated heterocycles. The number of nitrogens with two attached hydrogens (primary N) is 2. The van der Waals surface area contributed by atoms with Crippen molar-refractivity contribution >= 4 is 17.5 Å². The smallest absolute Gasteiger partial charge is 0.258 e. The number of ether oxygens (including phenoxy) is 1. The second kappa shape index (κ2) is 5.38. The van der Waals surface area contributed by atoms with E-state index in [0.717, 1.165) is 0 Å². The van der Waals surface area contributed by atoms with Crippen molar-refractivity contribution in [3.05, 3.63) is 23.8 Å². The molecule has 2 unspecified atom stereocenters. The number of hydrogen-bond donors (Lipinski definition) is 3. The van der Waals surface area contributed by atoms with Gasteiger partial charge in [-0.2, -0.15) is 0 Å². The van der Waals surface area contributed by atoms with E-state index < -0.39 is 24.0 Å². The van der Waals surface area contributed by atoms with Crippen molar-refractivity contribution in [1.29, 1.82) is 0 Å². The summed E-state index contributed by atoms with van der Waals surface area (Å²) in [6.45, 7) is 0.0694. The first-order chi connectivity index (χ1) is 9.43. The Kier molecular flexibility index (Phi) is 3.80. The topological polar surface area (TPSA) is 119 Å². The molecule has 20 heavy (non-hydrogen) atoms. The fourth-order valence-electron chi connectivity index (χ4n) is 2.35. The van der Waals surface area contributed by atoms with Crippen molar-refractivity contribution in [2.45, 2.75) is 18.6 Å². The molecule has 2 atom stereocenters. The van der Waals surface area contributed by atoms with Gasteiger partial charge in [0.2, 0.25) is 5.91 Å². The standard InChI is InChI=1S/C13H17N3O4/c1-20-11-4-7(14)2-3-9(11)13(19)16-6-8(17)5-10(16)12(15)18/h2-4,8,10,17H,5-6,14H2,1H3,(H2,15,18). The first-order valence-electron chi connectivity index (χ1n) is 6.16. The molecule has 0 aliphatic carbocycles. The van der Waals surface area contributed by atoms with Gasteiger partial charge < -0.3 is 26.2 Å². The molecule has 0 saturated carbocycles. The lowest BCUT2D eigenvalue weighted by Gasteiger charge is -2.22. The SMILES string of the molecule is COc1cc(N)ccc1C(=O)N1CC(O)CC1C(N)=O. The molecule has 0 radical (unpaired) electrons. The minimum Gasteiger partial charge on any atom is -0.496 e. The number of carbonyl (C=O) groups is 2. The van der Waals surface area contributed by atoms with Gasteiger partial charge in [0.1, 0.15) is 11.8 Å². The van der Waals surface area contributed by atoms with Crippen molar-refractivity contribution < 1.29 is 19.4 Å². The summed E-state index contributed by atoms with van der Waals surface area (Å²) in [4.78, 5) is 25.1. The van der Waals surface area contributed by atoms with Crippen molar-refractivity contribution in [1.82, 2.24) is 4.90 Å². The Morgan fingerprint density at radius 3 is 2.75 bits per heavy atom. The summed E-state index contributed by atoms with van der Waals surface area (Å²) >= 11 is 0. The number of methoxy groups -OCH3 is 1. The number of hydrogen-bond acceptors (Lipinski definition) is 5. The lowest BCUT2D eigenvalue weighted by molar-refractivity contribution is -0.121. The summed E-state index contributed by atoms with van der Waals surface area (Å²) in [5.74, 6) is -0.730. The van der Waals surface area contributed by atoms with Crippen LogP contribution in [0.5, 0.6) is 5.75 Å². The van der Waals surface area contributed by atoms with Gasteiger partial charge in [-0.25, -0.2) is 0 Å². The average molecular weight is 279 g/mol. The molecule has 2 rings (SSSR count). The zero-order chi connectivity index (χ0) is 14.9. The minimum atomic E-state index is -0.806. The van der Waals surface area contributed by atoms with Crippen LogP contribution in [-0.4, -0.2) is 47.6 Å². The molecular formula is C13H17N3O4. The number of nitrogens with zero attached hydrogens (tertiary/aromatic N) is 1. The molecule has 1 heterocycles. The number of carbonyl (C=O) groups excluding carboxylic acids is 2. The molecule has 5 N–H and O–H groups in total. The van der Waals surface area contributed by atoms with Crippen LogP contribution >= 0.6 is 0 Å². The van der Waals surface area contributed by atoms with E-state index in [0.29, 0.717) is 11.4 Å². The number of β-amino-alcohol motifs (C(OH)–C–C–N with tert-alkyl or cyclic N) is 1. The van der Waals surface area contributed by atoms with Crippen LogP contribution in [0.4, 0.5) is 5.69 Å². The molecule has 1 aliphatic heterocycles. The summed E-state index contributed by atoms with van der Waals surface area (Å²) in [6.07, 6.45) is -0.602. The largest absolute Gasteiger partial charge is 0.496 e. The second-order valence-corrected chi connectivity index (χ2v) is 4.72. The third-order valence-corrected chi connectivity index (χ3v) is 3.32. The zero-order valence-electron chi connectivity index (χ0n) is 11.1. The van der Waals surface area contributed by atoms with Crippen LogP contribution in [0.15, 0.2) is 18.2 Å². The van der Waals surface area contributed by atoms with Crippen LogP contribution in [0.1, 0.15) is 16.8 Å². The molecule has 108 valence electrons. The van der Waals surface area contributed by atoms with E-state index in [9.17, 15) is 14.7 Å². The van der Waals surface area contributed by atoms with Gasteiger partial charge in [0, 0.05) is 24.7 Å². The van der Waals surface area contributed by atoms with Gasteiger partial charge in [-0.1, -0.05) is 0 Å². The predicted octanol–water partition coefficient (Wildman–Crippen LogP) is -0.662. The van der Waals surface area contributed by atoms with Gasteiger partial charge in [0.25, 0.3) is 5.91 Å². The lowest BCUT2D eigenvalue weighted by Crippen LogP contribution is -2.43. The number of anilines is 1. The third-order valence-electron chi connectivity index (χ3n) is 3.32. The monoisotopic (exact) mass is 279 g/mol. The van der Waals surface area contributed by atoms with Gasteiger partial charge in [0.05, 0.1) is 18.8 Å². The summed E-state index contributed by atoms with van der Waals surface area (Å²) in [6, 6.07) is 3.82. The third kappa shape index (κ3) is 2.53. The van der Waals surface area contributed by atoms with Crippen LogP contribution in [0.3, 0.4) is 0 Å². The highest BCUT2D eigenvalue weighted by Gasteiger charge is 2.38. The van der Waals surface area contributed by atoms with Crippen LogP contribution < -0.4 is 16.2 Å². The van der Waals surface area contributed by atoms with Gasteiger partial charge >= 0.3 is 0 Å². The molecule has 1 aromatic carbocycles. The van der Waals surface area contributed by atoms with Crippen LogP contribution in [-0.2, 0) is 4.79 Å². The zero-order valence-corrected chi connectivity index (χ0v) is 11.1. The maximum Gasteiger partial charge on any atom is 0.258 e. The van der Waals surface area contributed by atoms with E-state index in [1.165, 1.54) is 24.1 Å². The van der Waals surface area contributed by atoms with E-state index in [2.05, 4.69) is 0 Å². The second-order valence-electron chi connectivity index (χ2n) is 4.72. The molecular weight excluding hydrogens is 262 g/mol. The maximum absolute atomic E-state index is 12.5. The normalized spacial score (nSPS) is 21.8. The van der Waals surface area contributed by atoms with Crippen LogP contribution in [0.2, 0.25) is 0 Å². The molecule has 0 aromatic heterocycles. The molecule has 0 bridgehead atoms. The molecule has 7 heteroatoms. The number of benzene rings is 1. The predicted molar refractivity (Wildman–Crippen MR) is 72.0 cm³/mol. The summed E-state index contributed by atoms with van der Waals surface area (Å²) in [5.41, 5.74) is 11.6. The van der Waals surface area contributed by atoms with E-state index in [1.807, 2.05) is 0 Å². The van der Waals surface area contributed by atoms with Crippen molar-refractivity contribution in [3.63, 3.8) is 0 Å². The van der Waals surface area contributed by atoms with E-state index in [4.69, 9.17) is 16.2 Å². The van der Waals surface area contributed by atoms with Crippen LogP contribution in [0.25, 0.3) is 0 Å². The van der Waals surface area contributed by atoms with E-state index in [-0.39, 0.29) is 18.5 Å². The number of nitrogen functional groups attached to an aromatic ring is 1. The fraction of sp³-hybridized carbons (Fsp3) is 0.385. The molecule has 1 aliphatic rings. The Bertz CT molecular complexity index is 546. The molecule has 2 amide bonds. The minimum absolute atomic E-state index is 0.0694. The first-order valence-corrected chi connectivity index (χ1v) is 6.16. The molecule has 7 nitrogen and oxygen atoms in total. The Morgan fingerprint density at radius 1 is 1.45 bits per heavy atom. The summed E-state index contributed by atoms with van der Waals surface area (Å²) < 4.78 is 5.12. The van der Waals surface area contributed by atoms with Gasteiger partial charge in [0.15, 0.2) is 0 Å².